The van der Waals surface area contributed by atoms with Crippen LogP contribution in [0, 0.1) is 11.8 Å². The van der Waals surface area contributed by atoms with E-state index in [1.54, 1.807) is 0 Å². The largest absolute Gasteiger partial charge is 0.395 e. The van der Waals surface area contributed by atoms with E-state index in [-0.39, 0.29) is 0 Å². The average Bonchev–Trinajstić information content (AvgIpc) is 2.83. The Morgan fingerprint density at radius 3 is 3.15 bits per heavy atom. The molecule has 3 heteroatoms. The van der Waals surface area contributed by atoms with Crippen molar-refractivity contribution in [2.24, 2.45) is 17.0 Å². The molecule has 2 unspecified atom stereocenters. The standard InChI is InChI=1S/C10H15NO2/c1-2-7(1)3-9-4-8-5-13-11-10(8)6-12-9/h7-9H,1-6H2. The van der Waals surface area contributed by atoms with E-state index in [9.17, 15) is 0 Å². The molecule has 0 N–H and O–H groups in total. The summed E-state index contributed by atoms with van der Waals surface area (Å²) < 4.78 is 5.73. The molecule has 3 aliphatic rings. The van der Waals surface area contributed by atoms with Gasteiger partial charge in [-0.25, -0.2) is 0 Å². The van der Waals surface area contributed by atoms with Gasteiger partial charge in [0.2, 0.25) is 0 Å². The average molecular weight is 181 g/mol. The van der Waals surface area contributed by atoms with Crippen molar-refractivity contribution in [1.29, 1.82) is 0 Å². The van der Waals surface area contributed by atoms with Crippen LogP contribution in [-0.2, 0) is 9.57 Å². The molecule has 0 aromatic heterocycles. The van der Waals surface area contributed by atoms with Crippen LogP contribution in [0.5, 0.6) is 0 Å². The van der Waals surface area contributed by atoms with E-state index in [0.29, 0.717) is 18.6 Å². The van der Waals surface area contributed by atoms with E-state index in [0.717, 1.165) is 24.7 Å². The number of fused-ring (bicyclic) bond motifs is 1. The quantitative estimate of drug-likeness (QED) is 0.647. The molecule has 13 heavy (non-hydrogen) atoms. The first kappa shape index (κ1) is 7.80. The smallest absolute Gasteiger partial charge is 0.125 e. The molecular formula is C10H15NO2. The van der Waals surface area contributed by atoms with E-state index in [2.05, 4.69) is 5.16 Å². The summed E-state index contributed by atoms with van der Waals surface area (Å²) in [6, 6.07) is 0. The molecule has 0 bridgehead atoms. The van der Waals surface area contributed by atoms with Gasteiger partial charge in [0, 0.05) is 5.92 Å². The number of ether oxygens (including phenoxy) is 1. The second kappa shape index (κ2) is 2.98. The summed E-state index contributed by atoms with van der Waals surface area (Å²) in [5.74, 6) is 1.53. The van der Waals surface area contributed by atoms with E-state index in [4.69, 9.17) is 9.57 Å². The first-order valence-electron chi connectivity index (χ1n) is 5.22. The lowest BCUT2D eigenvalue weighted by molar-refractivity contribution is 0.0352. The fourth-order valence-electron chi connectivity index (χ4n) is 2.21. The van der Waals surface area contributed by atoms with Crippen molar-refractivity contribution in [1.82, 2.24) is 0 Å². The molecule has 2 aliphatic heterocycles. The molecule has 72 valence electrons. The number of oxime groups is 1. The van der Waals surface area contributed by atoms with Gasteiger partial charge in [-0.1, -0.05) is 18.0 Å². The summed E-state index contributed by atoms with van der Waals surface area (Å²) >= 11 is 0. The third kappa shape index (κ3) is 1.57. The minimum atomic E-state index is 0.484. The van der Waals surface area contributed by atoms with Crippen molar-refractivity contribution in [3.8, 4) is 0 Å². The Morgan fingerprint density at radius 1 is 1.38 bits per heavy atom. The molecular weight excluding hydrogens is 166 g/mol. The van der Waals surface area contributed by atoms with Crippen molar-refractivity contribution in [2.75, 3.05) is 13.2 Å². The number of hydrogen-bond donors (Lipinski definition) is 0. The minimum Gasteiger partial charge on any atom is -0.395 e. The van der Waals surface area contributed by atoms with Crippen LogP contribution in [-0.4, -0.2) is 25.0 Å². The Labute approximate surface area is 78.1 Å². The third-order valence-electron chi connectivity index (χ3n) is 3.24. The fourth-order valence-corrected chi connectivity index (χ4v) is 2.21. The fraction of sp³-hybridized carbons (Fsp3) is 0.900. The molecule has 3 rings (SSSR count). The first-order valence-corrected chi connectivity index (χ1v) is 5.22. The van der Waals surface area contributed by atoms with Crippen LogP contribution in [0.2, 0.25) is 0 Å². The number of hydrogen-bond acceptors (Lipinski definition) is 3. The van der Waals surface area contributed by atoms with Gasteiger partial charge in [0.15, 0.2) is 0 Å². The Morgan fingerprint density at radius 2 is 2.31 bits per heavy atom. The Balaban J connectivity index is 1.58. The lowest BCUT2D eigenvalue weighted by Crippen LogP contribution is -2.33. The van der Waals surface area contributed by atoms with Gasteiger partial charge < -0.3 is 9.57 Å². The van der Waals surface area contributed by atoms with Crippen LogP contribution in [0.3, 0.4) is 0 Å². The molecule has 0 amide bonds. The van der Waals surface area contributed by atoms with Gasteiger partial charge in [0.05, 0.1) is 18.4 Å². The van der Waals surface area contributed by atoms with Gasteiger partial charge >= 0.3 is 0 Å². The van der Waals surface area contributed by atoms with E-state index in [1.807, 2.05) is 0 Å². The first-order chi connectivity index (χ1) is 6.42. The normalized spacial score (nSPS) is 38.0. The molecule has 1 aliphatic carbocycles. The van der Waals surface area contributed by atoms with Crippen LogP contribution in [0.1, 0.15) is 25.7 Å². The highest BCUT2D eigenvalue weighted by Crippen LogP contribution is 2.37. The lowest BCUT2D eigenvalue weighted by atomic mass is 9.93. The van der Waals surface area contributed by atoms with Gasteiger partial charge in [-0.15, -0.1) is 0 Å². The highest BCUT2D eigenvalue weighted by Gasteiger charge is 2.35. The van der Waals surface area contributed by atoms with E-state index < -0.39 is 0 Å². The molecule has 0 spiro atoms. The maximum absolute atomic E-state index is 5.73. The molecule has 0 aromatic rings. The lowest BCUT2D eigenvalue weighted by Gasteiger charge is -2.26. The highest BCUT2D eigenvalue weighted by atomic mass is 16.6. The van der Waals surface area contributed by atoms with Crippen molar-refractivity contribution >= 4 is 5.71 Å². The zero-order valence-electron chi connectivity index (χ0n) is 7.74. The predicted molar refractivity (Wildman–Crippen MR) is 48.6 cm³/mol. The van der Waals surface area contributed by atoms with Gasteiger partial charge in [0.25, 0.3) is 0 Å². The van der Waals surface area contributed by atoms with Crippen LogP contribution in [0.4, 0.5) is 0 Å². The SMILES string of the molecule is C1OC(CC2CC2)CC2CON=C12. The Bertz CT molecular complexity index is 235. The molecule has 2 heterocycles. The summed E-state index contributed by atoms with van der Waals surface area (Å²) in [4.78, 5) is 5.07. The summed E-state index contributed by atoms with van der Waals surface area (Å²) in [5.41, 5.74) is 1.13. The van der Waals surface area contributed by atoms with E-state index in [1.165, 1.54) is 19.3 Å². The molecule has 1 saturated carbocycles. The zero-order chi connectivity index (χ0) is 8.67. The summed E-state index contributed by atoms with van der Waals surface area (Å²) in [6.45, 7) is 1.50. The monoisotopic (exact) mass is 181 g/mol. The molecule has 1 saturated heterocycles. The summed E-state index contributed by atoms with van der Waals surface area (Å²) in [5, 5.41) is 3.98. The Hall–Kier alpha value is -0.570. The Kier molecular flexibility index (Phi) is 1.79. The summed E-state index contributed by atoms with van der Waals surface area (Å²) in [7, 11) is 0. The zero-order valence-corrected chi connectivity index (χ0v) is 7.74. The van der Waals surface area contributed by atoms with Gasteiger partial charge in [-0.2, -0.15) is 0 Å². The maximum Gasteiger partial charge on any atom is 0.125 e. The molecule has 0 aromatic carbocycles. The minimum absolute atomic E-state index is 0.484. The summed E-state index contributed by atoms with van der Waals surface area (Å²) in [6.07, 6.45) is 5.72. The van der Waals surface area contributed by atoms with Crippen molar-refractivity contribution in [2.45, 2.75) is 31.8 Å². The van der Waals surface area contributed by atoms with E-state index >= 15 is 0 Å². The van der Waals surface area contributed by atoms with Crippen LogP contribution in [0.25, 0.3) is 0 Å². The third-order valence-corrected chi connectivity index (χ3v) is 3.24. The number of nitrogens with zero attached hydrogens (tertiary/aromatic N) is 1. The van der Waals surface area contributed by atoms with Crippen molar-refractivity contribution < 1.29 is 9.57 Å². The van der Waals surface area contributed by atoms with Crippen molar-refractivity contribution in [3.63, 3.8) is 0 Å². The molecule has 3 nitrogen and oxygen atoms in total. The molecule has 2 fully saturated rings. The maximum atomic E-state index is 5.73. The number of rotatable bonds is 2. The molecule has 2 atom stereocenters. The predicted octanol–water partition coefficient (Wildman–Crippen LogP) is 1.58. The highest BCUT2D eigenvalue weighted by molar-refractivity contribution is 5.89. The van der Waals surface area contributed by atoms with Crippen LogP contribution >= 0.6 is 0 Å². The topological polar surface area (TPSA) is 30.8 Å². The van der Waals surface area contributed by atoms with Crippen LogP contribution < -0.4 is 0 Å². The van der Waals surface area contributed by atoms with Crippen LogP contribution in [0.15, 0.2) is 5.16 Å². The second-order valence-corrected chi connectivity index (χ2v) is 4.42. The molecule has 0 radical (unpaired) electrons. The second-order valence-electron chi connectivity index (χ2n) is 4.42. The van der Waals surface area contributed by atoms with Gasteiger partial charge in [0.1, 0.15) is 6.61 Å². The van der Waals surface area contributed by atoms with Crippen molar-refractivity contribution in [3.05, 3.63) is 0 Å². The van der Waals surface area contributed by atoms with Gasteiger partial charge in [-0.05, 0) is 18.8 Å². The van der Waals surface area contributed by atoms with Gasteiger partial charge in [-0.3, -0.25) is 0 Å².